The SMILES string of the molecule is C.CCOC(Cc1ccc(NCc2ccc(OS(C)(=O)=O)cc2)cc1)C(=O)O.NC(N)=NCCCC(N)C(=O)O. The Kier molecular flexibility index (Phi) is 16.6. The number of rotatable bonds is 15. The third-order valence-electron chi connectivity index (χ3n) is 4.97. The summed E-state index contributed by atoms with van der Waals surface area (Å²) in [6.07, 6.45) is 1.42. The van der Waals surface area contributed by atoms with Crippen molar-refractivity contribution < 1.29 is 37.1 Å². The number of nitrogens with one attached hydrogen (secondary N) is 1. The van der Waals surface area contributed by atoms with Crippen molar-refractivity contribution in [2.45, 2.75) is 52.3 Å². The van der Waals surface area contributed by atoms with E-state index in [0.717, 1.165) is 23.1 Å². The lowest BCUT2D eigenvalue weighted by Crippen LogP contribution is -2.30. The van der Waals surface area contributed by atoms with Gasteiger partial charge in [0.15, 0.2) is 12.1 Å². The smallest absolute Gasteiger partial charge is 0.333 e. The molecule has 2 unspecified atom stereocenters. The zero-order chi connectivity index (χ0) is 29.4. The highest BCUT2D eigenvalue weighted by molar-refractivity contribution is 7.86. The van der Waals surface area contributed by atoms with E-state index in [4.69, 9.17) is 36.3 Å². The number of nitrogens with zero attached hydrogens (tertiary/aromatic N) is 1. The lowest BCUT2D eigenvalue weighted by Gasteiger charge is -2.13. The summed E-state index contributed by atoms with van der Waals surface area (Å²) in [7, 11) is -3.53. The Morgan fingerprint density at radius 2 is 1.57 bits per heavy atom. The fraction of sp³-hybridized carbons (Fsp3) is 0.423. The van der Waals surface area contributed by atoms with Crippen LogP contribution in [0.2, 0.25) is 0 Å². The zero-order valence-electron chi connectivity index (χ0n) is 21.9. The molecule has 0 fully saturated rings. The van der Waals surface area contributed by atoms with Gasteiger partial charge in [-0.15, -0.1) is 0 Å². The Morgan fingerprint density at radius 3 is 2.05 bits per heavy atom. The molecule has 0 radical (unpaired) electrons. The summed E-state index contributed by atoms with van der Waals surface area (Å²) < 4.78 is 32.2. The molecule has 0 bridgehead atoms. The molecule has 0 heterocycles. The van der Waals surface area contributed by atoms with Crippen LogP contribution in [-0.2, 0) is 37.4 Å². The second kappa shape index (κ2) is 18.4. The molecule has 0 aliphatic heterocycles. The van der Waals surface area contributed by atoms with E-state index < -0.39 is 34.2 Å². The van der Waals surface area contributed by atoms with Gasteiger partial charge < -0.3 is 41.7 Å². The molecule has 224 valence electrons. The van der Waals surface area contributed by atoms with Gasteiger partial charge in [-0.2, -0.15) is 8.42 Å². The quantitative estimate of drug-likeness (QED) is 0.0762. The minimum absolute atomic E-state index is 0. The first-order valence-corrected chi connectivity index (χ1v) is 13.8. The highest BCUT2D eigenvalue weighted by Crippen LogP contribution is 2.17. The van der Waals surface area contributed by atoms with Gasteiger partial charge >= 0.3 is 22.1 Å². The summed E-state index contributed by atoms with van der Waals surface area (Å²) in [5.41, 5.74) is 18.0. The van der Waals surface area contributed by atoms with Gasteiger partial charge in [-0.05, 0) is 55.2 Å². The number of ether oxygens (including phenoxy) is 1. The van der Waals surface area contributed by atoms with Crippen LogP contribution >= 0.6 is 0 Å². The third kappa shape index (κ3) is 16.2. The summed E-state index contributed by atoms with van der Waals surface area (Å²) >= 11 is 0. The number of carboxylic acids is 2. The van der Waals surface area contributed by atoms with Crippen LogP contribution in [0.15, 0.2) is 53.5 Å². The molecule has 2 aromatic rings. The van der Waals surface area contributed by atoms with Crippen molar-refractivity contribution in [3.8, 4) is 5.75 Å². The molecule has 0 aliphatic carbocycles. The van der Waals surface area contributed by atoms with Crippen molar-refractivity contribution in [1.29, 1.82) is 0 Å². The lowest BCUT2D eigenvalue weighted by molar-refractivity contribution is -0.150. The van der Waals surface area contributed by atoms with E-state index in [0.29, 0.717) is 39.0 Å². The van der Waals surface area contributed by atoms with E-state index in [1.54, 1.807) is 31.2 Å². The Bertz CT molecular complexity index is 1170. The first-order chi connectivity index (χ1) is 18.3. The molecule has 40 heavy (non-hydrogen) atoms. The molecule has 0 saturated heterocycles. The standard InChI is InChI=1S/C19H23NO6S.C6H14N4O2.CH4/c1-3-25-18(19(21)22)12-14-4-8-16(9-5-14)20-13-15-6-10-17(11-7-15)26-27(2,23)24;7-4(5(11)12)2-1-3-10-6(8)9;/h4-11,18,20H,3,12-13H2,1-2H3,(H,21,22);4H,1-3,7H2,(H,11,12)(H4,8,9,10);1H4. The molecule has 2 atom stereocenters. The maximum Gasteiger partial charge on any atom is 0.333 e. The van der Waals surface area contributed by atoms with Crippen LogP contribution in [0.1, 0.15) is 38.3 Å². The van der Waals surface area contributed by atoms with Crippen LogP contribution in [0.3, 0.4) is 0 Å². The molecule has 2 rings (SSSR count). The van der Waals surface area contributed by atoms with Gasteiger partial charge in [0, 0.05) is 31.8 Å². The number of guanidine groups is 1. The maximum atomic E-state index is 11.1. The van der Waals surface area contributed by atoms with Crippen molar-refractivity contribution >= 4 is 33.7 Å². The van der Waals surface area contributed by atoms with Crippen LogP contribution in [0.25, 0.3) is 0 Å². The Morgan fingerprint density at radius 1 is 1.00 bits per heavy atom. The number of aliphatic carboxylic acids is 2. The first-order valence-electron chi connectivity index (χ1n) is 12.0. The van der Waals surface area contributed by atoms with Crippen molar-refractivity contribution in [1.82, 2.24) is 0 Å². The number of carboxylic acid groups (broad SMARTS) is 2. The van der Waals surface area contributed by atoms with Gasteiger partial charge in [0.1, 0.15) is 11.8 Å². The molecule has 13 nitrogen and oxygen atoms in total. The zero-order valence-corrected chi connectivity index (χ0v) is 22.8. The predicted molar refractivity (Wildman–Crippen MR) is 155 cm³/mol. The van der Waals surface area contributed by atoms with Gasteiger partial charge in [-0.1, -0.05) is 31.7 Å². The molecule has 0 amide bonds. The number of nitrogens with two attached hydrogens (primary N) is 3. The van der Waals surface area contributed by atoms with E-state index in [2.05, 4.69) is 10.3 Å². The van der Waals surface area contributed by atoms with Crippen molar-refractivity contribution in [2.24, 2.45) is 22.2 Å². The van der Waals surface area contributed by atoms with Gasteiger partial charge in [0.2, 0.25) is 0 Å². The van der Waals surface area contributed by atoms with Crippen molar-refractivity contribution in [2.75, 3.05) is 24.7 Å². The molecule has 9 N–H and O–H groups in total. The summed E-state index contributed by atoms with van der Waals surface area (Å²) in [6.45, 7) is 3.09. The average Bonchev–Trinajstić information content (AvgIpc) is 2.86. The van der Waals surface area contributed by atoms with Crippen LogP contribution < -0.4 is 26.7 Å². The molecule has 0 aromatic heterocycles. The molecule has 0 aliphatic rings. The number of hydrogen-bond donors (Lipinski definition) is 6. The number of hydrogen-bond acceptors (Lipinski definition) is 9. The van der Waals surface area contributed by atoms with Gasteiger partial charge in [-0.25, -0.2) is 4.79 Å². The Hall–Kier alpha value is -3.88. The Labute approximate surface area is 235 Å². The van der Waals surface area contributed by atoms with Crippen LogP contribution in [0.5, 0.6) is 5.75 Å². The summed E-state index contributed by atoms with van der Waals surface area (Å²) in [5.74, 6) is -1.69. The van der Waals surface area contributed by atoms with Crippen LogP contribution in [0, 0.1) is 0 Å². The fourth-order valence-electron chi connectivity index (χ4n) is 3.08. The molecule has 2 aromatic carbocycles. The largest absolute Gasteiger partial charge is 0.480 e. The minimum atomic E-state index is -3.53. The molecular weight excluding hydrogens is 542 g/mol. The van der Waals surface area contributed by atoms with Crippen LogP contribution in [-0.4, -0.2) is 68.1 Å². The van der Waals surface area contributed by atoms with E-state index in [1.165, 1.54) is 0 Å². The predicted octanol–water partition coefficient (Wildman–Crippen LogP) is 1.76. The van der Waals surface area contributed by atoms with E-state index in [-0.39, 0.29) is 19.1 Å². The van der Waals surface area contributed by atoms with Crippen molar-refractivity contribution in [3.05, 3.63) is 59.7 Å². The normalized spacial score (nSPS) is 12.0. The highest BCUT2D eigenvalue weighted by atomic mass is 32.2. The second-order valence-electron chi connectivity index (χ2n) is 8.36. The Balaban J connectivity index is 0.000000993. The highest BCUT2D eigenvalue weighted by Gasteiger charge is 2.17. The monoisotopic (exact) mass is 583 g/mol. The average molecular weight is 584 g/mol. The second-order valence-corrected chi connectivity index (χ2v) is 9.94. The lowest BCUT2D eigenvalue weighted by atomic mass is 10.1. The third-order valence-corrected chi connectivity index (χ3v) is 5.47. The summed E-state index contributed by atoms with van der Waals surface area (Å²) in [6, 6.07) is 13.4. The number of anilines is 1. The maximum absolute atomic E-state index is 11.1. The topological polar surface area (TPSA) is 230 Å². The van der Waals surface area contributed by atoms with E-state index >= 15 is 0 Å². The molecule has 0 saturated carbocycles. The van der Waals surface area contributed by atoms with Gasteiger partial charge in [0.05, 0.1) is 6.26 Å². The molecule has 14 heteroatoms. The van der Waals surface area contributed by atoms with Gasteiger partial charge in [0.25, 0.3) is 0 Å². The van der Waals surface area contributed by atoms with Crippen LogP contribution in [0.4, 0.5) is 5.69 Å². The summed E-state index contributed by atoms with van der Waals surface area (Å²) in [5, 5.41) is 20.8. The number of carbonyl (C=O) groups is 2. The van der Waals surface area contributed by atoms with Crippen molar-refractivity contribution in [3.63, 3.8) is 0 Å². The van der Waals surface area contributed by atoms with Gasteiger partial charge in [-0.3, -0.25) is 9.79 Å². The minimum Gasteiger partial charge on any atom is -0.480 e. The number of aliphatic imine (C=N–C) groups is 1. The molecular formula is C26H41N5O8S. The van der Waals surface area contributed by atoms with E-state index in [9.17, 15) is 18.0 Å². The summed E-state index contributed by atoms with van der Waals surface area (Å²) in [4.78, 5) is 25.0. The molecule has 0 spiro atoms. The fourth-order valence-corrected chi connectivity index (χ4v) is 3.54. The van der Waals surface area contributed by atoms with E-state index in [1.807, 2.05) is 24.3 Å². The first kappa shape index (κ1) is 36.1. The number of benzene rings is 2.